The van der Waals surface area contributed by atoms with Crippen LogP contribution in [0.1, 0.15) is 0 Å². The van der Waals surface area contributed by atoms with Gasteiger partial charge in [-0.2, -0.15) is 9.04 Å². The van der Waals surface area contributed by atoms with Crippen molar-refractivity contribution >= 4 is 52.8 Å². The number of hydrogen-bond donors (Lipinski definition) is 5. The van der Waals surface area contributed by atoms with Crippen LogP contribution in [0.15, 0.2) is 12.7 Å². The topological polar surface area (TPSA) is 273 Å². The molecule has 0 fully saturated rings. The number of nitrogen functional groups attached to an aromatic ring is 1. The summed E-state index contributed by atoms with van der Waals surface area (Å²) in [6.45, 7) is -1.03. The fourth-order valence-electron chi connectivity index (χ4n) is 1.91. The minimum Gasteiger partial charge on any atom is -0.407 e. The van der Waals surface area contributed by atoms with Gasteiger partial charge in [-0.3, -0.25) is 14.2 Å². The molecule has 21 heteroatoms. The van der Waals surface area contributed by atoms with E-state index in [9.17, 15) is 33.1 Å². The molecule has 2 rings (SSSR count). The van der Waals surface area contributed by atoms with Gasteiger partial charge in [0.1, 0.15) is 12.7 Å². The molecule has 0 saturated carbocycles. The SMILES string of the molecule is Nc1ncnc2c1ncn2OCC(OC(C=O)C=O)P(=O)(O)OP(=O)(O)OP(=O)(O)O. The van der Waals surface area contributed by atoms with E-state index in [-0.39, 0.29) is 29.6 Å². The predicted molar refractivity (Wildman–Crippen MR) is 95.8 cm³/mol. The Hall–Kier alpha value is -2.10. The number of carbonyl (C=O) groups is 2. The maximum Gasteiger partial charge on any atom is 0.488 e. The Kier molecular flexibility index (Phi) is 7.78. The van der Waals surface area contributed by atoms with Crippen LogP contribution >= 0.6 is 23.2 Å². The molecule has 0 aromatic carbocycles. The van der Waals surface area contributed by atoms with E-state index in [1.807, 2.05) is 0 Å². The third-order valence-electron chi connectivity index (χ3n) is 3.06. The maximum atomic E-state index is 12.4. The third kappa shape index (κ3) is 6.95. The van der Waals surface area contributed by atoms with E-state index in [2.05, 4.69) is 23.6 Å². The van der Waals surface area contributed by atoms with Gasteiger partial charge in [0.25, 0.3) is 0 Å². The molecule has 0 radical (unpaired) electrons. The zero-order valence-corrected chi connectivity index (χ0v) is 17.5. The van der Waals surface area contributed by atoms with Crippen LogP contribution in [0, 0.1) is 0 Å². The highest BCUT2D eigenvalue weighted by atomic mass is 31.3. The Labute approximate surface area is 171 Å². The highest BCUT2D eigenvalue weighted by Crippen LogP contribution is 2.67. The first-order valence-electron chi connectivity index (χ1n) is 7.54. The summed E-state index contributed by atoms with van der Waals surface area (Å²) in [5, 5.41) is 0. The van der Waals surface area contributed by atoms with Crippen LogP contribution in [0.3, 0.4) is 0 Å². The van der Waals surface area contributed by atoms with Crippen molar-refractivity contribution in [3.63, 3.8) is 0 Å². The number of rotatable bonds is 12. The number of carbonyl (C=O) groups excluding carboxylic acids is 2. The van der Waals surface area contributed by atoms with Crippen molar-refractivity contribution < 1.29 is 61.1 Å². The van der Waals surface area contributed by atoms with E-state index in [0.717, 1.165) is 17.4 Å². The molecular formula is C10H14N5O13P3. The van der Waals surface area contributed by atoms with Gasteiger partial charge in [0, 0.05) is 0 Å². The molecule has 0 amide bonds. The normalized spacial score (nSPS) is 17.1. The summed E-state index contributed by atoms with van der Waals surface area (Å²) < 4.78 is 47.7. The Morgan fingerprint density at radius 3 is 2.29 bits per heavy atom. The minimum atomic E-state index is -5.82. The average Bonchev–Trinajstić information content (AvgIpc) is 3.03. The lowest BCUT2D eigenvalue weighted by Gasteiger charge is -2.24. The summed E-state index contributed by atoms with van der Waals surface area (Å²) in [5.41, 5.74) is 5.66. The lowest BCUT2D eigenvalue weighted by atomic mass is 10.4. The number of phosphoric acid groups is 2. The molecule has 31 heavy (non-hydrogen) atoms. The monoisotopic (exact) mass is 505 g/mol. The molecule has 3 unspecified atom stereocenters. The van der Waals surface area contributed by atoms with Crippen LogP contribution in [0.4, 0.5) is 5.82 Å². The standard InChI is InChI=1S/C10H14N5O13P3/c11-9-8-10(13-4-12-9)15(5-14-8)25-3-7(26-6(1-16)2-17)29(18,19)27-31(23,24)28-30(20,21)22/h1-2,4-7H,3H2,(H,18,19)(H,23,24)(H2,11,12,13)(H2,20,21,22). The second kappa shape index (κ2) is 9.58. The number of hydrogen-bond acceptors (Lipinski definition) is 13. The van der Waals surface area contributed by atoms with E-state index >= 15 is 0 Å². The molecular weight excluding hydrogens is 491 g/mol. The van der Waals surface area contributed by atoms with Crippen molar-refractivity contribution in [1.29, 1.82) is 0 Å². The molecule has 0 spiro atoms. The zero-order valence-electron chi connectivity index (χ0n) is 14.8. The van der Waals surface area contributed by atoms with Crippen molar-refractivity contribution in [2.24, 2.45) is 0 Å². The molecule has 6 N–H and O–H groups in total. The van der Waals surface area contributed by atoms with Crippen LogP contribution in [0.5, 0.6) is 0 Å². The van der Waals surface area contributed by atoms with Gasteiger partial charge in [-0.15, -0.1) is 0 Å². The Morgan fingerprint density at radius 2 is 1.71 bits per heavy atom. The molecule has 172 valence electrons. The predicted octanol–water partition coefficient (Wildman–Crippen LogP) is -1.64. The van der Waals surface area contributed by atoms with Gasteiger partial charge in [0.2, 0.25) is 5.65 Å². The van der Waals surface area contributed by atoms with E-state index in [0.29, 0.717) is 0 Å². The van der Waals surface area contributed by atoms with E-state index < -0.39 is 41.8 Å². The van der Waals surface area contributed by atoms with Gasteiger partial charge in [0.05, 0.1) is 0 Å². The first-order chi connectivity index (χ1) is 14.3. The summed E-state index contributed by atoms with van der Waals surface area (Å²) in [4.78, 5) is 74.6. The lowest BCUT2D eigenvalue weighted by Crippen LogP contribution is -2.32. The summed E-state index contributed by atoms with van der Waals surface area (Å²) in [7, 11) is -17.0. The van der Waals surface area contributed by atoms with Crippen LogP contribution in [0.2, 0.25) is 0 Å². The van der Waals surface area contributed by atoms with Gasteiger partial charge in [-0.05, 0) is 0 Å². The molecule has 3 atom stereocenters. The van der Waals surface area contributed by atoms with E-state index in [1.54, 1.807) is 0 Å². The molecule has 2 aromatic rings. The molecule has 2 aromatic heterocycles. The van der Waals surface area contributed by atoms with Crippen molar-refractivity contribution in [3.8, 4) is 0 Å². The second-order valence-corrected chi connectivity index (χ2v) is 10.2. The number of aromatic nitrogens is 4. The van der Waals surface area contributed by atoms with Crippen LogP contribution in [-0.2, 0) is 36.6 Å². The molecule has 0 bridgehead atoms. The first kappa shape index (κ1) is 25.2. The number of imidazole rings is 1. The smallest absolute Gasteiger partial charge is 0.407 e. The molecule has 18 nitrogen and oxygen atoms in total. The van der Waals surface area contributed by atoms with Crippen LogP contribution < -0.4 is 10.6 Å². The first-order valence-corrected chi connectivity index (χ1v) is 12.2. The summed E-state index contributed by atoms with van der Waals surface area (Å²) >= 11 is 0. The van der Waals surface area contributed by atoms with Crippen LogP contribution in [-0.4, -0.2) is 70.4 Å². The minimum absolute atomic E-state index is 0.0140. The Morgan fingerprint density at radius 1 is 1.06 bits per heavy atom. The zero-order chi connectivity index (χ0) is 23.4. The number of nitrogens with two attached hydrogens (primary N) is 1. The van der Waals surface area contributed by atoms with Gasteiger partial charge < -0.3 is 34.9 Å². The number of fused-ring (bicyclic) bond motifs is 1. The van der Waals surface area contributed by atoms with Gasteiger partial charge in [0.15, 0.2) is 42.5 Å². The summed E-state index contributed by atoms with van der Waals surface area (Å²) in [5.74, 6) is -2.35. The fraction of sp³-hybridized carbons (Fsp3) is 0.300. The quantitative estimate of drug-likeness (QED) is 0.123. The van der Waals surface area contributed by atoms with Crippen molar-refractivity contribution in [2.45, 2.75) is 11.9 Å². The number of anilines is 1. The van der Waals surface area contributed by atoms with Crippen LogP contribution in [0.25, 0.3) is 11.2 Å². The largest absolute Gasteiger partial charge is 0.488 e. The molecule has 0 aliphatic carbocycles. The molecule has 0 aliphatic rings. The van der Waals surface area contributed by atoms with Gasteiger partial charge in [-0.1, -0.05) is 0 Å². The van der Waals surface area contributed by atoms with E-state index in [1.165, 1.54) is 0 Å². The molecule has 0 saturated heterocycles. The highest BCUT2D eigenvalue weighted by Gasteiger charge is 2.46. The van der Waals surface area contributed by atoms with E-state index in [4.69, 9.17) is 25.1 Å². The van der Waals surface area contributed by atoms with Crippen molar-refractivity contribution in [3.05, 3.63) is 12.7 Å². The fourth-order valence-corrected chi connectivity index (χ4v) is 5.52. The summed E-state index contributed by atoms with van der Waals surface area (Å²) in [6.07, 6.45) is -0.0309. The number of ether oxygens (including phenoxy) is 1. The van der Waals surface area contributed by atoms with Gasteiger partial charge >= 0.3 is 23.2 Å². The number of aldehydes is 2. The molecule has 2 heterocycles. The highest BCUT2D eigenvalue weighted by molar-refractivity contribution is 7.68. The van der Waals surface area contributed by atoms with Crippen molar-refractivity contribution in [2.75, 3.05) is 12.3 Å². The Balaban J connectivity index is 2.28. The Bertz CT molecular complexity index is 1090. The maximum absolute atomic E-state index is 12.4. The molecule has 0 aliphatic heterocycles. The number of nitrogens with zero attached hydrogens (tertiary/aromatic N) is 4. The summed E-state index contributed by atoms with van der Waals surface area (Å²) in [6, 6.07) is 0. The van der Waals surface area contributed by atoms with Crippen molar-refractivity contribution in [1.82, 2.24) is 19.7 Å². The average molecular weight is 505 g/mol. The second-order valence-electron chi connectivity index (χ2n) is 5.31. The lowest BCUT2D eigenvalue weighted by molar-refractivity contribution is -0.131. The van der Waals surface area contributed by atoms with Gasteiger partial charge in [-0.25, -0.2) is 28.4 Å². The third-order valence-corrected chi connectivity index (χ3v) is 7.50.